The third-order valence-corrected chi connectivity index (χ3v) is 5.26. The topological polar surface area (TPSA) is 41.6 Å². The Morgan fingerprint density at radius 2 is 2.28 bits per heavy atom. The zero-order valence-electron chi connectivity index (χ0n) is 11.7. The first-order valence-electron chi connectivity index (χ1n) is 6.67. The summed E-state index contributed by atoms with van der Waals surface area (Å²) in [5, 5.41) is 3.24. The Morgan fingerprint density at radius 3 is 2.78 bits per heavy atom. The van der Waals surface area contributed by atoms with Gasteiger partial charge in [0.15, 0.2) is 0 Å². The molecule has 4 nitrogen and oxygen atoms in total. The monoisotopic (exact) mass is 272 g/mol. The highest BCUT2D eigenvalue weighted by Gasteiger charge is 2.52. The molecule has 18 heavy (non-hydrogen) atoms. The second-order valence-electron chi connectivity index (χ2n) is 5.74. The third-order valence-electron chi connectivity index (χ3n) is 4.32. The van der Waals surface area contributed by atoms with E-state index in [1.54, 1.807) is 11.8 Å². The summed E-state index contributed by atoms with van der Waals surface area (Å²) >= 11 is 1.79. The molecule has 2 rings (SSSR count). The smallest absolute Gasteiger partial charge is 0.240 e. The van der Waals surface area contributed by atoms with Crippen LogP contribution in [0.15, 0.2) is 0 Å². The summed E-state index contributed by atoms with van der Waals surface area (Å²) in [6, 6.07) is 0.302. The number of nitrogens with one attached hydrogen (secondary N) is 1. The zero-order valence-corrected chi connectivity index (χ0v) is 12.5. The van der Waals surface area contributed by atoms with E-state index in [4.69, 9.17) is 4.74 Å². The van der Waals surface area contributed by atoms with Crippen LogP contribution in [0.1, 0.15) is 27.2 Å². The van der Waals surface area contributed by atoms with Crippen molar-refractivity contribution in [3.8, 4) is 0 Å². The van der Waals surface area contributed by atoms with Crippen LogP contribution in [0.25, 0.3) is 0 Å². The van der Waals surface area contributed by atoms with Crippen LogP contribution < -0.4 is 5.32 Å². The van der Waals surface area contributed by atoms with Gasteiger partial charge in [0.2, 0.25) is 5.91 Å². The molecular formula is C13H24N2O2S. The van der Waals surface area contributed by atoms with Crippen molar-refractivity contribution >= 4 is 17.7 Å². The van der Waals surface area contributed by atoms with Crippen LogP contribution in [-0.2, 0) is 9.53 Å². The molecule has 0 unspecified atom stereocenters. The summed E-state index contributed by atoms with van der Waals surface area (Å²) in [6.45, 7) is 7.17. The molecule has 1 heterocycles. The van der Waals surface area contributed by atoms with Gasteiger partial charge in [0.25, 0.3) is 0 Å². The van der Waals surface area contributed by atoms with Gasteiger partial charge in [-0.25, -0.2) is 0 Å². The van der Waals surface area contributed by atoms with Gasteiger partial charge in [-0.3, -0.25) is 10.1 Å². The van der Waals surface area contributed by atoms with Gasteiger partial charge >= 0.3 is 0 Å². The molecule has 1 aliphatic heterocycles. The van der Waals surface area contributed by atoms with Crippen molar-refractivity contribution in [1.29, 1.82) is 0 Å². The van der Waals surface area contributed by atoms with Gasteiger partial charge < -0.3 is 9.64 Å². The van der Waals surface area contributed by atoms with Gasteiger partial charge in [-0.05, 0) is 13.3 Å². The summed E-state index contributed by atoms with van der Waals surface area (Å²) in [5.41, 5.74) is 0.0617. The molecule has 1 N–H and O–H groups in total. The summed E-state index contributed by atoms with van der Waals surface area (Å²) in [5.74, 6) is 2.01. The van der Waals surface area contributed by atoms with E-state index in [0.717, 1.165) is 24.7 Å². The van der Waals surface area contributed by atoms with Gasteiger partial charge in [-0.1, -0.05) is 13.8 Å². The number of hydrogen-bond donors (Lipinski definition) is 1. The van der Waals surface area contributed by atoms with Crippen molar-refractivity contribution in [1.82, 2.24) is 10.2 Å². The predicted molar refractivity (Wildman–Crippen MR) is 74.6 cm³/mol. The molecule has 0 spiro atoms. The average Bonchev–Trinajstić information content (AvgIpc) is 2.86. The molecule has 0 bridgehead atoms. The number of rotatable bonds is 4. The molecule has 3 atom stereocenters. The van der Waals surface area contributed by atoms with Gasteiger partial charge in [0.05, 0.1) is 12.1 Å². The highest BCUT2D eigenvalue weighted by molar-refractivity contribution is 7.99. The molecule has 0 radical (unpaired) electrons. The Balaban J connectivity index is 1.94. The molecule has 1 aliphatic carbocycles. The molecule has 2 aliphatic rings. The molecule has 1 amide bonds. The van der Waals surface area contributed by atoms with Gasteiger partial charge in [-0.2, -0.15) is 0 Å². The van der Waals surface area contributed by atoms with E-state index in [9.17, 15) is 4.79 Å². The highest BCUT2D eigenvalue weighted by atomic mass is 32.2. The Hall–Kier alpha value is -0.260. The fourth-order valence-electron chi connectivity index (χ4n) is 2.96. The van der Waals surface area contributed by atoms with Crippen molar-refractivity contribution in [2.24, 2.45) is 5.41 Å². The van der Waals surface area contributed by atoms with Crippen molar-refractivity contribution in [2.75, 3.05) is 25.3 Å². The Kier molecular flexibility index (Phi) is 4.24. The van der Waals surface area contributed by atoms with Crippen LogP contribution in [0, 0.1) is 5.41 Å². The minimum Gasteiger partial charge on any atom is -0.378 e. The van der Waals surface area contributed by atoms with Crippen LogP contribution in [-0.4, -0.2) is 54.3 Å². The maximum absolute atomic E-state index is 12.3. The first-order valence-corrected chi connectivity index (χ1v) is 7.83. The maximum Gasteiger partial charge on any atom is 0.240 e. The maximum atomic E-state index is 12.3. The van der Waals surface area contributed by atoms with E-state index in [1.165, 1.54) is 0 Å². The number of carbonyl (C=O) groups is 1. The van der Waals surface area contributed by atoms with E-state index in [1.807, 2.05) is 18.9 Å². The highest BCUT2D eigenvalue weighted by Crippen LogP contribution is 2.45. The molecule has 0 aromatic heterocycles. The lowest BCUT2D eigenvalue weighted by Crippen LogP contribution is -2.64. The fraction of sp³-hybridized carbons (Fsp3) is 0.923. The van der Waals surface area contributed by atoms with E-state index in [2.05, 4.69) is 19.2 Å². The van der Waals surface area contributed by atoms with Crippen LogP contribution in [0.2, 0.25) is 0 Å². The summed E-state index contributed by atoms with van der Waals surface area (Å²) in [7, 11) is 1.93. The Bertz CT molecular complexity index is 316. The molecule has 0 aromatic rings. The standard InChI is InChI=1S/C13H24N2O2S/c1-5-17-11-6-10(13(11,2)3)15(4)12(16)9-7-18-8-14-9/h9-11,14H,5-8H2,1-4H3/t9-,10+,11+/m0/s1. The Morgan fingerprint density at radius 1 is 1.56 bits per heavy atom. The van der Waals surface area contributed by atoms with Crippen LogP contribution in [0.3, 0.4) is 0 Å². The molecule has 1 saturated heterocycles. The van der Waals surface area contributed by atoms with Gasteiger partial charge in [0, 0.05) is 36.7 Å². The largest absolute Gasteiger partial charge is 0.378 e. The van der Waals surface area contributed by atoms with Crippen LogP contribution >= 0.6 is 11.8 Å². The first kappa shape index (κ1) is 14.2. The number of carbonyl (C=O) groups excluding carboxylic acids is 1. The third kappa shape index (κ3) is 2.40. The number of thioether (sulfide) groups is 1. The molecule has 0 aromatic carbocycles. The predicted octanol–water partition coefficient (Wildman–Crippen LogP) is 1.31. The number of likely N-dealkylation sites (N-methyl/N-ethyl adjacent to an activating group) is 1. The number of amides is 1. The van der Waals surface area contributed by atoms with Crippen molar-refractivity contribution in [2.45, 2.75) is 45.4 Å². The minimum atomic E-state index is 0.00180. The first-order chi connectivity index (χ1) is 8.48. The second-order valence-corrected chi connectivity index (χ2v) is 6.77. The normalized spacial score (nSPS) is 34.1. The fourth-order valence-corrected chi connectivity index (χ4v) is 3.89. The lowest BCUT2D eigenvalue weighted by molar-refractivity contribution is -0.164. The van der Waals surface area contributed by atoms with Crippen molar-refractivity contribution < 1.29 is 9.53 Å². The molecule has 1 saturated carbocycles. The zero-order chi connectivity index (χ0) is 13.3. The molecule has 104 valence electrons. The number of nitrogens with zero attached hydrogens (tertiary/aromatic N) is 1. The number of ether oxygens (including phenoxy) is 1. The van der Waals surface area contributed by atoms with Gasteiger partial charge in [-0.15, -0.1) is 11.8 Å². The second kappa shape index (κ2) is 5.39. The lowest BCUT2D eigenvalue weighted by atomic mass is 9.63. The van der Waals surface area contributed by atoms with E-state index < -0.39 is 0 Å². The van der Waals surface area contributed by atoms with Crippen LogP contribution in [0.5, 0.6) is 0 Å². The summed E-state index contributed by atoms with van der Waals surface area (Å²) < 4.78 is 5.72. The quantitative estimate of drug-likeness (QED) is 0.838. The molecule has 5 heteroatoms. The van der Waals surface area contributed by atoms with Crippen molar-refractivity contribution in [3.63, 3.8) is 0 Å². The van der Waals surface area contributed by atoms with E-state index in [-0.39, 0.29) is 23.5 Å². The molecule has 2 fully saturated rings. The van der Waals surface area contributed by atoms with E-state index in [0.29, 0.717) is 6.04 Å². The summed E-state index contributed by atoms with van der Waals surface area (Å²) in [6.07, 6.45) is 1.25. The average molecular weight is 272 g/mol. The SMILES string of the molecule is CCO[C@@H]1C[C@@H](N(C)C(=O)[C@@H]2CSCN2)C1(C)C. The molecular weight excluding hydrogens is 248 g/mol. The lowest BCUT2D eigenvalue weighted by Gasteiger charge is -2.55. The van der Waals surface area contributed by atoms with Crippen molar-refractivity contribution in [3.05, 3.63) is 0 Å². The number of hydrogen-bond acceptors (Lipinski definition) is 4. The minimum absolute atomic E-state index is 0.00180. The van der Waals surface area contributed by atoms with Crippen LogP contribution in [0.4, 0.5) is 0 Å². The summed E-state index contributed by atoms with van der Waals surface area (Å²) in [4.78, 5) is 14.3. The van der Waals surface area contributed by atoms with E-state index >= 15 is 0 Å². The van der Waals surface area contributed by atoms with Gasteiger partial charge in [0.1, 0.15) is 0 Å². The Labute approximate surface area is 114 Å².